The van der Waals surface area contributed by atoms with E-state index in [9.17, 15) is 9.90 Å². The van der Waals surface area contributed by atoms with Gasteiger partial charge in [0.1, 0.15) is 5.54 Å². The molecule has 1 atom stereocenters. The first kappa shape index (κ1) is 15.4. The van der Waals surface area contributed by atoms with Crippen LogP contribution in [-0.2, 0) is 4.79 Å². The Kier molecular flexibility index (Phi) is 5.60. The van der Waals surface area contributed by atoms with Crippen LogP contribution >= 0.6 is 0 Å². The molecule has 4 nitrogen and oxygen atoms in total. The molecule has 0 spiro atoms. The van der Waals surface area contributed by atoms with Gasteiger partial charge in [0.05, 0.1) is 0 Å². The van der Waals surface area contributed by atoms with Crippen LogP contribution in [0.15, 0.2) is 0 Å². The van der Waals surface area contributed by atoms with Gasteiger partial charge in [0.2, 0.25) is 0 Å². The lowest BCUT2D eigenvalue weighted by molar-refractivity contribution is -0.150. The summed E-state index contributed by atoms with van der Waals surface area (Å²) in [6.45, 7) is 9.22. The first-order valence-electron chi connectivity index (χ1n) is 7.08. The zero-order valence-electron chi connectivity index (χ0n) is 12.3. The van der Waals surface area contributed by atoms with Crippen LogP contribution in [-0.4, -0.2) is 59.1 Å². The molecule has 0 aliphatic carbocycles. The van der Waals surface area contributed by atoms with E-state index in [-0.39, 0.29) is 0 Å². The van der Waals surface area contributed by atoms with Crippen molar-refractivity contribution in [3.8, 4) is 0 Å². The zero-order chi connectivity index (χ0) is 13.8. The number of carboxylic acid groups (broad SMARTS) is 1. The van der Waals surface area contributed by atoms with Gasteiger partial charge >= 0.3 is 5.97 Å². The Morgan fingerprint density at radius 1 is 1.39 bits per heavy atom. The molecular weight excluding hydrogens is 228 g/mol. The van der Waals surface area contributed by atoms with Gasteiger partial charge in [0, 0.05) is 6.04 Å². The Labute approximate surface area is 111 Å². The Morgan fingerprint density at radius 2 is 2.06 bits per heavy atom. The van der Waals surface area contributed by atoms with Gasteiger partial charge in [-0.2, -0.15) is 0 Å². The van der Waals surface area contributed by atoms with E-state index in [2.05, 4.69) is 11.8 Å². The topological polar surface area (TPSA) is 43.8 Å². The van der Waals surface area contributed by atoms with Gasteiger partial charge in [-0.3, -0.25) is 9.69 Å². The number of likely N-dealkylation sites (N-methyl/N-ethyl adjacent to an activating group) is 1. The van der Waals surface area contributed by atoms with Crippen LogP contribution < -0.4 is 0 Å². The second-order valence-electron chi connectivity index (χ2n) is 5.90. The quantitative estimate of drug-likeness (QED) is 0.817. The van der Waals surface area contributed by atoms with Gasteiger partial charge in [0.15, 0.2) is 0 Å². The summed E-state index contributed by atoms with van der Waals surface area (Å²) in [5.74, 6) is -0.736. The van der Waals surface area contributed by atoms with Crippen LogP contribution in [0.4, 0.5) is 0 Å². The van der Waals surface area contributed by atoms with E-state index in [0.717, 1.165) is 25.9 Å². The summed E-state index contributed by atoms with van der Waals surface area (Å²) in [5.41, 5.74) is -0.773. The molecule has 1 unspecified atom stereocenters. The van der Waals surface area contributed by atoms with Crippen molar-refractivity contribution in [1.29, 1.82) is 0 Å². The lowest BCUT2D eigenvalue weighted by Gasteiger charge is -2.37. The third-order valence-electron chi connectivity index (χ3n) is 4.28. The summed E-state index contributed by atoms with van der Waals surface area (Å²) in [7, 11) is 1.95. The zero-order valence-corrected chi connectivity index (χ0v) is 12.3. The molecule has 1 heterocycles. The average Bonchev–Trinajstić information content (AvgIpc) is 2.54. The van der Waals surface area contributed by atoms with Crippen molar-refractivity contribution in [2.24, 2.45) is 0 Å². The molecule has 4 heteroatoms. The number of hydrogen-bond donors (Lipinski definition) is 1. The fourth-order valence-corrected chi connectivity index (χ4v) is 2.67. The summed E-state index contributed by atoms with van der Waals surface area (Å²) in [6.07, 6.45) is 4.55. The fourth-order valence-electron chi connectivity index (χ4n) is 2.67. The highest BCUT2D eigenvalue weighted by Crippen LogP contribution is 2.23. The maximum Gasteiger partial charge on any atom is 0.323 e. The summed E-state index contributed by atoms with van der Waals surface area (Å²) in [4.78, 5) is 15.9. The van der Waals surface area contributed by atoms with Crippen LogP contribution in [0.3, 0.4) is 0 Å². The van der Waals surface area contributed by atoms with Gasteiger partial charge in [-0.25, -0.2) is 0 Å². The van der Waals surface area contributed by atoms with Gasteiger partial charge in [-0.15, -0.1) is 0 Å². The van der Waals surface area contributed by atoms with E-state index in [1.807, 2.05) is 11.9 Å². The predicted octanol–water partition coefficient (Wildman–Crippen LogP) is 2.05. The molecule has 1 saturated heterocycles. The van der Waals surface area contributed by atoms with Crippen molar-refractivity contribution >= 4 is 5.97 Å². The maximum absolute atomic E-state index is 11.3. The van der Waals surface area contributed by atoms with Crippen LogP contribution in [0, 0.1) is 0 Å². The number of nitrogens with zero attached hydrogens (tertiary/aromatic N) is 2. The summed E-state index contributed by atoms with van der Waals surface area (Å²) in [6, 6.07) is 0.387. The van der Waals surface area contributed by atoms with Crippen molar-refractivity contribution in [2.45, 2.75) is 58.0 Å². The largest absolute Gasteiger partial charge is 0.480 e. The number of carboxylic acids is 1. The second-order valence-corrected chi connectivity index (χ2v) is 5.90. The maximum atomic E-state index is 11.3. The lowest BCUT2D eigenvalue weighted by Crippen LogP contribution is -2.52. The van der Waals surface area contributed by atoms with Gasteiger partial charge in [-0.1, -0.05) is 6.92 Å². The monoisotopic (exact) mass is 256 g/mol. The first-order chi connectivity index (χ1) is 8.39. The third kappa shape index (κ3) is 3.69. The molecular formula is C14H28N2O2. The molecule has 0 aromatic carbocycles. The molecule has 1 fully saturated rings. The molecule has 1 N–H and O–H groups in total. The van der Waals surface area contributed by atoms with E-state index in [4.69, 9.17) is 0 Å². The van der Waals surface area contributed by atoms with E-state index >= 15 is 0 Å². The Hall–Kier alpha value is -0.610. The van der Waals surface area contributed by atoms with Gasteiger partial charge < -0.3 is 10.0 Å². The summed E-state index contributed by atoms with van der Waals surface area (Å²) < 4.78 is 0. The number of likely N-dealkylation sites (tertiary alicyclic amines) is 1. The van der Waals surface area contributed by atoms with Crippen LogP contribution in [0.5, 0.6) is 0 Å². The van der Waals surface area contributed by atoms with E-state index in [0.29, 0.717) is 6.04 Å². The number of carbonyl (C=O) groups is 1. The van der Waals surface area contributed by atoms with Gasteiger partial charge in [0.25, 0.3) is 0 Å². The number of aliphatic carboxylic acids is 1. The molecule has 0 aromatic rings. The van der Waals surface area contributed by atoms with E-state index < -0.39 is 11.5 Å². The highest BCUT2D eigenvalue weighted by molar-refractivity contribution is 5.77. The normalized spacial score (nSPS) is 23.1. The van der Waals surface area contributed by atoms with Crippen molar-refractivity contribution in [1.82, 2.24) is 9.80 Å². The standard InChI is InChI=1S/C14H28N2O2/c1-5-9-16-10-6-7-12(8-11-16)15(4)14(2,3)13(17)18/h12H,5-11H2,1-4H3,(H,17,18). The molecule has 1 rings (SSSR count). The highest BCUT2D eigenvalue weighted by Gasteiger charge is 2.36. The minimum absolute atomic E-state index is 0.387. The summed E-state index contributed by atoms with van der Waals surface area (Å²) >= 11 is 0. The second kappa shape index (κ2) is 6.53. The van der Waals surface area contributed by atoms with Crippen molar-refractivity contribution in [3.05, 3.63) is 0 Å². The molecule has 0 saturated carbocycles. The molecule has 0 bridgehead atoms. The molecule has 106 valence electrons. The SMILES string of the molecule is CCCN1CCCC(N(C)C(C)(C)C(=O)O)CC1. The van der Waals surface area contributed by atoms with Crippen molar-refractivity contribution < 1.29 is 9.90 Å². The minimum atomic E-state index is -0.773. The Bertz CT molecular complexity index is 279. The fraction of sp³-hybridized carbons (Fsp3) is 0.929. The summed E-state index contributed by atoms with van der Waals surface area (Å²) in [5, 5.41) is 9.30. The first-order valence-corrected chi connectivity index (χ1v) is 7.08. The van der Waals surface area contributed by atoms with E-state index in [1.54, 1.807) is 13.8 Å². The molecule has 0 radical (unpaired) electrons. The average molecular weight is 256 g/mol. The van der Waals surface area contributed by atoms with Crippen molar-refractivity contribution in [3.63, 3.8) is 0 Å². The molecule has 0 amide bonds. The molecule has 1 aliphatic heterocycles. The molecule has 0 aromatic heterocycles. The number of hydrogen-bond acceptors (Lipinski definition) is 3. The van der Waals surface area contributed by atoms with Crippen LogP contribution in [0.2, 0.25) is 0 Å². The van der Waals surface area contributed by atoms with E-state index in [1.165, 1.54) is 19.4 Å². The molecule has 1 aliphatic rings. The smallest absolute Gasteiger partial charge is 0.323 e. The van der Waals surface area contributed by atoms with Crippen LogP contribution in [0.1, 0.15) is 46.5 Å². The highest BCUT2D eigenvalue weighted by atomic mass is 16.4. The van der Waals surface area contributed by atoms with Crippen molar-refractivity contribution in [2.75, 3.05) is 26.7 Å². The number of rotatable bonds is 5. The predicted molar refractivity (Wildman–Crippen MR) is 73.8 cm³/mol. The van der Waals surface area contributed by atoms with Crippen LogP contribution in [0.25, 0.3) is 0 Å². The third-order valence-corrected chi connectivity index (χ3v) is 4.28. The Balaban J connectivity index is 2.60. The minimum Gasteiger partial charge on any atom is -0.480 e. The Morgan fingerprint density at radius 3 is 2.61 bits per heavy atom. The molecule has 18 heavy (non-hydrogen) atoms. The lowest BCUT2D eigenvalue weighted by atomic mass is 9.98. The van der Waals surface area contributed by atoms with Gasteiger partial charge in [-0.05, 0) is 66.2 Å².